The van der Waals surface area contributed by atoms with Crippen LogP contribution in [0.3, 0.4) is 0 Å². The first-order valence-corrected chi connectivity index (χ1v) is 14.4. The lowest BCUT2D eigenvalue weighted by Crippen LogP contribution is -2.59. The zero-order valence-electron chi connectivity index (χ0n) is 22.8. The van der Waals surface area contributed by atoms with E-state index in [-0.39, 0.29) is 39.1 Å². The highest BCUT2D eigenvalue weighted by atomic mass is 16.8. The molecule has 0 aromatic rings. The maximum Gasteiger partial charge on any atom is 0.199 e. The molecule has 5 heteroatoms. The summed E-state index contributed by atoms with van der Waals surface area (Å²) in [5, 5.41) is 23.4. The number of carbonyl (C=O) groups excluding carboxylic acids is 1. The van der Waals surface area contributed by atoms with Crippen LogP contribution >= 0.6 is 0 Å². The van der Waals surface area contributed by atoms with Gasteiger partial charge in [0.05, 0.1) is 11.7 Å². The lowest BCUT2D eigenvalue weighted by molar-refractivity contribution is -0.282. The summed E-state index contributed by atoms with van der Waals surface area (Å²) < 4.78 is 13.5. The highest BCUT2D eigenvalue weighted by Gasteiger charge is 2.88. The molecule has 7 aliphatic rings. The Labute approximate surface area is 210 Å². The molecular weight excluding hydrogens is 440 g/mol. The third-order valence-electron chi connectivity index (χ3n) is 13.9. The predicted octanol–water partition coefficient (Wildman–Crippen LogP) is 4.87. The number of ether oxygens (including phenoxy) is 2. The van der Waals surface area contributed by atoms with E-state index < -0.39 is 23.6 Å². The number of rotatable bonds is 1. The molecule has 7 rings (SSSR count). The van der Waals surface area contributed by atoms with Crippen molar-refractivity contribution in [3.05, 3.63) is 0 Å². The molecule has 2 heterocycles. The molecule has 2 saturated heterocycles. The van der Waals surface area contributed by atoms with Crippen molar-refractivity contribution in [1.29, 1.82) is 0 Å². The number of hydrogen-bond donors (Lipinski definition) is 2. The maximum atomic E-state index is 12.9. The molecule has 7 unspecified atom stereocenters. The fourth-order valence-corrected chi connectivity index (χ4v) is 12.5. The molecule has 0 aromatic carbocycles. The van der Waals surface area contributed by atoms with Crippen LogP contribution in [0.4, 0.5) is 0 Å². The van der Waals surface area contributed by atoms with Gasteiger partial charge < -0.3 is 19.7 Å². The van der Waals surface area contributed by atoms with Gasteiger partial charge in [-0.2, -0.15) is 0 Å². The van der Waals surface area contributed by atoms with Crippen LogP contribution in [0.25, 0.3) is 0 Å². The van der Waals surface area contributed by atoms with Crippen LogP contribution in [0.2, 0.25) is 0 Å². The van der Waals surface area contributed by atoms with Crippen LogP contribution in [0.15, 0.2) is 0 Å². The molecule has 2 N–H and O–H groups in total. The van der Waals surface area contributed by atoms with Gasteiger partial charge in [-0.15, -0.1) is 0 Å². The third kappa shape index (κ3) is 2.25. The van der Waals surface area contributed by atoms with Crippen molar-refractivity contribution in [1.82, 2.24) is 0 Å². The van der Waals surface area contributed by atoms with E-state index in [4.69, 9.17) is 9.47 Å². The van der Waals surface area contributed by atoms with Crippen LogP contribution in [0, 0.1) is 50.7 Å². The minimum absolute atomic E-state index is 0.0855. The summed E-state index contributed by atoms with van der Waals surface area (Å²) in [7, 11) is 0. The Kier molecular flexibility index (Phi) is 4.19. The van der Waals surface area contributed by atoms with Gasteiger partial charge >= 0.3 is 0 Å². The van der Waals surface area contributed by atoms with Crippen LogP contribution < -0.4 is 0 Å². The van der Waals surface area contributed by atoms with E-state index in [9.17, 15) is 15.0 Å². The van der Waals surface area contributed by atoms with Gasteiger partial charge in [0.25, 0.3) is 0 Å². The fraction of sp³-hybridized carbons (Fsp3) is 0.967. The summed E-state index contributed by atoms with van der Waals surface area (Å²) in [6.07, 6.45) is 7.03. The fourth-order valence-electron chi connectivity index (χ4n) is 12.5. The number of aliphatic hydroxyl groups excluding tert-OH is 1. The average molecular weight is 487 g/mol. The first-order valence-electron chi connectivity index (χ1n) is 14.4. The smallest absolute Gasteiger partial charge is 0.199 e. The molecule has 35 heavy (non-hydrogen) atoms. The largest absolute Gasteiger partial charge is 0.388 e. The Hall–Kier alpha value is -0.490. The highest BCUT2D eigenvalue weighted by Crippen LogP contribution is 2.90. The van der Waals surface area contributed by atoms with Gasteiger partial charge in [0.1, 0.15) is 18.0 Å². The van der Waals surface area contributed by atoms with Gasteiger partial charge in [0, 0.05) is 23.2 Å². The van der Waals surface area contributed by atoms with Gasteiger partial charge in [-0.05, 0) is 92.8 Å². The van der Waals surface area contributed by atoms with E-state index in [1.54, 1.807) is 0 Å². The molecule has 2 aliphatic heterocycles. The topological polar surface area (TPSA) is 76.0 Å². The van der Waals surface area contributed by atoms with Crippen molar-refractivity contribution in [2.45, 2.75) is 130 Å². The van der Waals surface area contributed by atoms with Gasteiger partial charge in [-0.25, -0.2) is 0 Å². The van der Waals surface area contributed by atoms with E-state index in [0.29, 0.717) is 23.5 Å². The average Bonchev–Trinajstić information content (AvgIpc) is 3.28. The molecule has 0 radical (unpaired) electrons. The molecule has 196 valence electrons. The van der Waals surface area contributed by atoms with E-state index in [2.05, 4.69) is 34.6 Å². The minimum atomic E-state index is -1.03. The number of aliphatic hydroxyl groups is 2. The van der Waals surface area contributed by atoms with Gasteiger partial charge in [0.15, 0.2) is 5.79 Å². The summed E-state index contributed by atoms with van der Waals surface area (Å²) >= 11 is 0. The zero-order chi connectivity index (χ0) is 25.2. The lowest BCUT2D eigenvalue weighted by Gasteiger charge is -2.62. The second kappa shape index (κ2) is 6.21. The monoisotopic (exact) mass is 486 g/mol. The van der Waals surface area contributed by atoms with Gasteiger partial charge in [-0.1, -0.05) is 34.6 Å². The highest BCUT2D eigenvalue weighted by molar-refractivity contribution is 5.86. The summed E-state index contributed by atoms with van der Waals surface area (Å²) in [6, 6.07) is 0. The first kappa shape index (κ1) is 23.6. The standard InChI is InChI=1S/C30H46O5/c1-16-14-17-22(25(4,5)33)35-30(34-17)21(16)26(6)12-13-29-15-28(29)11-10-20(31)24(2,3)18(28)8-9-19(29)27(26,7)23(30)32/h16-19,21-23,32-33H,8-15H2,1-7H3/t16?,17?,18?,19?,21?,22?,23?,26-,27-,28-,29+,30+/m1/s1. The molecule has 7 fully saturated rings. The van der Waals surface area contributed by atoms with Crippen LogP contribution in [-0.4, -0.2) is 45.7 Å². The lowest BCUT2D eigenvalue weighted by atomic mass is 9.41. The Balaban J connectivity index is 1.33. The normalized spacial score (nSPS) is 61.9. The molecule has 12 atom stereocenters. The summed E-state index contributed by atoms with van der Waals surface area (Å²) in [6.45, 7) is 15.2. The summed E-state index contributed by atoms with van der Waals surface area (Å²) in [5.41, 5.74) is -1.13. The molecule has 0 amide bonds. The quantitative estimate of drug-likeness (QED) is 0.553. The molecule has 5 aliphatic carbocycles. The maximum absolute atomic E-state index is 12.9. The molecule has 5 saturated carbocycles. The summed E-state index contributed by atoms with van der Waals surface area (Å²) in [4.78, 5) is 12.9. The molecule has 2 bridgehead atoms. The molecule has 3 spiro atoms. The Morgan fingerprint density at radius 3 is 2.31 bits per heavy atom. The van der Waals surface area contributed by atoms with Gasteiger partial charge in [0.2, 0.25) is 0 Å². The second-order valence-electron chi connectivity index (χ2n) is 15.7. The van der Waals surface area contributed by atoms with Gasteiger partial charge in [-0.3, -0.25) is 4.79 Å². The number of ketones is 1. The Bertz CT molecular complexity index is 999. The Morgan fingerprint density at radius 2 is 1.63 bits per heavy atom. The predicted molar refractivity (Wildman–Crippen MR) is 131 cm³/mol. The zero-order valence-corrected chi connectivity index (χ0v) is 22.8. The van der Waals surface area contributed by atoms with E-state index in [1.807, 2.05) is 13.8 Å². The van der Waals surface area contributed by atoms with Crippen molar-refractivity contribution in [3.63, 3.8) is 0 Å². The SMILES string of the molecule is CC1CC2O[C@@]3(OC2C(C)(C)O)C(O)[C@@]2(C)C4CCC5C(C)(C)C(=O)CC[C@@]56C[C@@]46CC[C@]2(C)C13. The number of hydrogen-bond acceptors (Lipinski definition) is 5. The van der Waals surface area contributed by atoms with E-state index in [1.165, 1.54) is 12.8 Å². The van der Waals surface area contributed by atoms with Crippen molar-refractivity contribution in [3.8, 4) is 0 Å². The van der Waals surface area contributed by atoms with Crippen LogP contribution in [-0.2, 0) is 14.3 Å². The van der Waals surface area contributed by atoms with E-state index >= 15 is 0 Å². The van der Waals surface area contributed by atoms with Crippen LogP contribution in [0.1, 0.15) is 99.8 Å². The Morgan fingerprint density at radius 1 is 0.971 bits per heavy atom. The minimum Gasteiger partial charge on any atom is -0.388 e. The molecule has 5 nitrogen and oxygen atoms in total. The second-order valence-corrected chi connectivity index (χ2v) is 15.7. The molecule has 0 aromatic heterocycles. The number of carbonyl (C=O) groups is 1. The van der Waals surface area contributed by atoms with Crippen LogP contribution in [0.5, 0.6) is 0 Å². The summed E-state index contributed by atoms with van der Waals surface area (Å²) in [5.74, 6) is 0.809. The third-order valence-corrected chi connectivity index (χ3v) is 13.9. The van der Waals surface area contributed by atoms with Crippen molar-refractivity contribution in [2.24, 2.45) is 50.7 Å². The molecular formula is C30H46O5. The van der Waals surface area contributed by atoms with Crippen molar-refractivity contribution < 1.29 is 24.5 Å². The van der Waals surface area contributed by atoms with Crippen molar-refractivity contribution in [2.75, 3.05) is 0 Å². The number of Topliss-reactive ketones (excluding diaryl/α,β-unsaturated/α-hetero) is 1. The first-order chi connectivity index (χ1) is 16.1. The van der Waals surface area contributed by atoms with Crippen molar-refractivity contribution >= 4 is 5.78 Å². The number of fused-ring (bicyclic) bond motifs is 4. The van der Waals surface area contributed by atoms with E-state index in [0.717, 1.165) is 38.5 Å².